The van der Waals surface area contributed by atoms with Crippen LogP contribution in [0, 0.1) is 0 Å². The zero-order chi connectivity index (χ0) is 8.97. The number of rotatable bonds is 3. The van der Waals surface area contributed by atoms with Gasteiger partial charge in [0, 0.05) is 17.8 Å². The van der Waals surface area contributed by atoms with E-state index in [4.69, 9.17) is 5.11 Å². The highest BCUT2D eigenvalue weighted by molar-refractivity contribution is 5.38. The Hall–Kier alpha value is -1.78. The van der Waals surface area contributed by atoms with Gasteiger partial charge in [0.05, 0.1) is 0 Å². The fraction of sp³-hybridized carbons (Fsp3) is 0.143. The molecular formula is C7H7NO4. The Balaban J connectivity index is 2.86. The van der Waals surface area contributed by atoms with Crippen molar-refractivity contribution in [1.29, 1.82) is 0 Å². The van der Waals surface area contributed by atoms with Gasteiger partial charge < -0.3 is 14.8 Å². The van der Waals surface area contributed by atoms with Gasteiger partial charge in [0.25, 0.3) is 12.0 Å². The normalized spacial score (nSPS) is 9.33. The maximum absolute atomic E-state index is 10.6. The predicted octanol–water partition coefficient (Wildman–Crippen LogP) is -0.247. The van der Waals surface area contributed by atoms with Gasteiger partial charge in [-0.05, 0) is 0 Å². The Morgan fingerprint density at radius 2 is 2.42 bits per heavy atom. The summed E-state index contributed by atoms with van der Waals surface area (Å²) in [6, 6.07) is 1.02. The van der Waals surface area contributed by atoms with E-state index < -0.39 is 5.56 Å². The molecule has 0 saturated heterocycles. The SMILES string of the molecule is O=COCc1c[nH]c(=O)cc1O. The second-order valence-electron chi connectivity index (χ2n) is 2.11. The van der Waals surface area contributed by atoms with Crippen LogP contribution in [0.5, 0.6) is 5.75 Å². The van der Waals surface area contributed by atoms with Crippen LogP contribution in [0.25, 0.3) is 0 Å². The highest BCUT2D eigenvalue weighted by Crippen LogP contribution is 2.12. The van der Waals surface area contributed by atoms with Crippen molar-refractivity contribution >= 4 is 6.47 Å². The van der Waals surface area contributed by atoms with E-state index in [2.05, 4.69) is 9.72 Å². The fourth-order valence-corrected chi connectivity index (χ4v) is 0.730. The maximum atomic E-state index is 10.6. The van der Waals surface area contributed by atoms with Crippen LogP contribution < -0.4 is 5.56 Å². The van der Waals surface area contributed by atoms with E-state index in [-0.39, 0.29) is 18.8 Å². The number of nitrogens with one attached hydrogen (secondary N) is 1. The first kappa shape index (κ1) is 8.32. The van der Waals surface area contributed by atoms with Gasteiger partial charge in [-0.25, -0.2) is 0 Å². The molecule has 0 aliphatic heterocycles. The van der Waals surface area contributed by atoms with E-state index in [0.717, 1.165) is 6.07 Å². The highest BCUT2D eigenvalue weighted by Gasteiger charge is 2.00. The minimum Gasteiger partial charge on any atom is -0.507 e. The van der Waals surface area contributed by atoms with Crippen molar-refractivity contribution in [3.8, 4) is 5.75 Å². The van der Waals surface area contributed by atoms with Gasteiger partial charge in [0.1, 0.15) is 12.4 Å². The smallest absolute Gasteiger partial charge is 0.293 e. The van der Waals surface area contributed by atoms with E-state index in [1.165, 1.54) is 6.20 Å². The number of H-pyrrole nitrogens is 1. The molecule has 0 amide bonds. The Labute approximate surface area is 67.6 Å². The van der Waals surface area contributed by atoms with Crippen molar-refractivity contribution in [3.05, 3.63) is 28.2 Å². The zero-order valence-electron chi connectivity index (χ0n) is 6.11. The van der Waals surface area contributed by atoms with Crippen molar-refractivity contribution in [2.24, 2.45) is 0 Å². The lowest BCUT2D eigenvalue weighted by Gasteiger charge is -2.00. The summed E-state index contributed by atoms with van der Waals surface area (Å²) in [5, 5.41) is 9.10. The predicted molar refractivity (Wildman–Crippen MR) is 39.6 cm³/mol. The van der Waals surface area contributed by atoms with Crippen molar-refractivity contribution in [2.45, 2.75) is 6.61 Å². The average molecular weight is 169 g/mol. The van der Waals surface area contributed by atoms with Crippen LogP contribution in [-0.4, -0.2) is 16.6 Å². The number of carbonyl (C=O) groups excluding carboxylic acids is 1. The second kappa shape index (κ2) is 3.56. The molecule has 0 fully saturated rings. The Kier molecular flexibility index (Phi) is 2.47. The lowest BCUT2D eigenvalue weighted by molar-refractivity contribution is -0.129. The molecule has 0 bridgehead atoms. The van der Waals surface area contributed by atoms with Gasteiger partial charge in [-0.3, -0.25) is 9.59 Å². The molecule has 1 heterocycles. The van der Waals surface area contributed by atoms with Crippen molar-refractivity contribution < 1.29 is 14.6 Å². The molecule has 0 spiro atoms. The van der Waals surface area contributed by atoms with Gasteiger partial charge in [-0.15, -0.1) is 0 Å². The maximum Gasteiger partial charge on any atom is 0.293 e. The molecule has 12 heavy (non-hydrogen) atoms. The summed E-state index contributed by atoms with van der Waals surface area (Å²) >= 11 is 0. The minimum atomic E-state index is -0.401. The number of aromatic hydroxyl groups is 1. The van der Waals surface area contributed by atoms with Crippen molar-refractivity contribution in [2.75, 3.05) is 0 Å². The van der Waals surface area contributed by atoms with E-state index in [1.54, 1.807) is 0 Å². The largest absolute Gasteiger partial charge is 0.507 e. The highest BCUT2D eigenvalue weighted by atomic mass is 16.5. The van der Waals surface area contributed by atoms with Gasteiger partial charge in [0.2, 0.25) is 0 Å². The molecule has 0 atom stereocenters. The quantitative estimate of drug-likeness (QED) is 0.611. The van der Waals surface area contributed by atoms with Crippen LogP contribution in [0.2, 0.25) is 0 Å². The second-order valence-corrected chi connectivity index (χ2v) is 2.11. The summed E-state index contributed by atoms with van der Waals surface area (Å²) in [6.45, 7) is 0.219. The Bertz CT molecular complexity index is 330. The molecule has 0 unspecified atom stereocenters. The monoisotopic (exact) mass is 169 g/mol. The molecule has 0 aromatic carbocycles. The lowest BCUT2D eigenvalue weighted by atomic mass is 10.3. The lowest BCUT2D eigenvalue weighted by Crippen LogP contribution is -2.04. The molecule has 0 radical (unpaired) electrons. The van der Waals surface area contributed by atoms with Gasteiger partial charge in [0.15, 0.2) is 0 Å². The molecule has 64 valence electrons. The number of pyridine rings is 1. The van der Waals surface area contributed by atoms with Crippen molar-refractivity contribution in [1.82, 2.24) is 4.98 Å². The molecular weight excluding hydrogens is 162 g/mol. The molecule has 1 aromatic heterocycles. The van der Waals surface area contributed by atoms with Crippen LogP contribution in [-0.2, 0) is 16.1 Å². The fourth-order valence-electron chi connectivity index (χ4n) is 0.730. The molecule has 0 saturated carbocycles. The topological polar surface area (TPSA) is 79.4 Å². The van der Waals surface area contributed by atoms with Crippen LogP contribution in [0.4, 0.5) is 0 Å². The molecule has 2 N–H and O–H groups in total. The summed E-state index contributed by atoms with van der Waals surface area (Å²) in [5.74, 6) is -0.180. The van der Waals surface area contributed by atoms with Crippen LogP contribution >= 0.6 is 0 Å². The molecule has 0 aliphatic rings. The first-order chi connectivity index (χ1) is 5.74. The summed E-state index contributed by atoms with van der Waals surface area (Å²) in [7, 11) is 0. The average Bonchev–Trinajstić information content (AvgIpc) is 2.03. The molecule has 1 rings (SSSR count). The molecule has 1 aromatic rings. The standard InChI is InChI=1S/C7H7NO4/c9-4-12-3-5-2-8-7(11)1-6(5)10/h1-2,4H,3H2,(H2,8,10,11). The Morgan fingerprint density at radius 1 is 1.67 bits per heavy atom. The number of hydrogen-bond donors (Lipinski definition) is 2. The van der Waals surface area contributed by atoms with Gasteiger partial charge in [-0.2, -0.15) is 0 Å². The van der Waals surface area contributed by atoms with Crippen molar-refractivity contribution in [3.63, 3.8) is 0 Å². The van der Waals surface area contributed by atoms with E-state index >= 15 is 0 Å². The zero-order valence-corrected chi connectivity index (χ0v) is 6.11. The summed E-state index contributed by atoms with van der Waals surface area (Å²) < 4.78 is 4.38. The third kappa shape index (κ3) is 1.85. The number of aromatic amines is 1. The third-order valence-electron chi connectivity index (χ3n) is 1.29. The summed E-state index contributed by atoms with van der Waals surface area (Å²) in [6.07, 6.45) is 1.29. The number of aromatic nitrogens is 1. The van der Waals surface area contributed by atoms with E-state index in [0.29, 0.717) is 5.56 Å². The van der Waals surface area contributed by atoms with Gasteiger partial charge in [-0.1, -0.05) is 0 Å². The Morgan fingerprint density at radius 3 is 3.00 bits per heavy atom. The van der Waals surface area contributed by atoms with E-state index in [9.17, 15) is 9.59 Å². The molecule has 0 aliphatic carbocycles. The van der Waals surface area contributed by atoms with Crippen LogP contribution in [0.1, 0.15) is 5.56 Å². The third-order valence-corrected chi connectivity index (χ3v) is 1.29. The number of carbonyl (C=O) groups is 1. The van der Waals surface area contributed by atoms with Gasteiger partial charge >= 0.3 is 0 Å². The molecule has 5 nitrogen and oxygen atoms in total. The number of hydrogen-bond acceptors (Lipinski definition) is 4. The molecule has 5 heteroatoms. The van der Waals surface area contributed by atoms with Crippen LogP contribution in [0.3, 0.4) is 0 Å². The summed E-state index contributed by atoms with van der Waals surface area (Å²) in [5.41, 5.74) is -0.0379. The first-order valence-corrected chi connectivity index (χ1v) is 3.20. The van der Waals surface area contributed by atoms with E-state index in [1.807, 2.05) is 0 Å². The first-order valence-electron chi connectivity index (χ1n) is 3.20. The number of ether oxygens (including phenoxy) is 1. The minimum absolute atomic E-state index is 0.0495. The summed E-state index contributed by atoms with van der Waals surface area (Å²) in [4.78, 5) is 22.7. The van der Waals surface area contributed by atoms with Crippen LogP contribution in [0.15, 0.2) is 17.1 Å².